The van der Waals surface area contributed by atoms with E-state index in [9.17, 15) is 33.6 Å². The van der Waals surface area contributed by atoms with E-state index < -0.39 is 60.8 Å². The number of methoxy groups -OCH3 is 3. The van der Waals surface area contributed by atoms with Crippen molar-refractivity contribution in [3.05, 3.63) is 77.6 Å². The van der Waals surface area contributed by atoms with Crippen molar-refractivity contribution in [2.24, 2.45) is 5.92 Å². The van der Waals surface area contributed by atoms with Crippen LogP contribution in [0, 0.1) is 5.92 Å². The van der Waals surface area contributed by atoms with E-state index in [1.807, 2.05) is 44.2 Å². The molecule has 0 saturated heterocycles. The maximum absolute atomic E-state index is 13.6. The smallest absolute Gasteiger partial charge is 0.343 e. The normalized spacial score (nSPS) is 12.2. The Morgan fingerprint density at radius 1 is 0.842 bits per heavy atom. The largest absolute Gasteiger partial charge is 0.482 e. The van der Waals surface area contributed by atoms with E-state index in [-0.39, 0.29) is 47.6 Å². The van der Waals surface area contributed by atoms with E-state index in [1.54, 1.807) is 0 Å². The summed E-state index contributed by atoms with van der Waals surface area (Å²) in [6, 6.07) is 14.3. The van der Waals surface area contributed by atoms with Crippen LogP contribution in [0.15, 0.2) is 65.1 Å². The SMILES string of the molecule is CCCCCC(C(=O)NCNC(=O)c1ccc(-c2cc(OCC(=O)OC)cc(C(=O)NC(CC(=O)OC)C(=O)OC)c2)o1)[C@@H](CC)N(C=O)OCc1ccccc1. The van der Waals surface area contributed by atoms with Crippen LogP contribution in [0.1, 0.15) is 78.8 Å². The summed E-state index contributed by atoms with van der Waals surface area (Å²) < 4.78 is 25.3. The highest BCUT2D eigenvalue weighted by Crippen LogP contribution is 2.29. The minimum atomic E-state index is -1.38. The first-order valence-electron chi connectivity index (χ1n) is 18.3. The third kappa shape index (κ3) is 14.1. The third-order valence-electron chi connectivity index (χ3n) is 8.76. The topological polar surface area (TPSA) is 218 Å². The van der Waals surface area contributed by atoms with Gasteiger partial charge in [-0.15, -0.1) is 0 Å². The molecule has 3 N–H and O–H groups in total. The van der Waals surface area contributed by atoms with E-state index in [2.05, 4.69) is 25.4 Å². The molecular formula is C40H50N4O13. The molecule has 2 unspecified atom stereocenters. The fourth-order valence-electron chi connectivity index (χ4n) is 5.71. The molecule has 0 saturated carbocycles. The number of unbranched alkanes of at least 4 members (excludes halogenated alkanes) is 2. The first-order valence-corrected chi connectivity index (χ1v) is 18.3. The minimum Gasteiger partial charge on any atom is -0.482 e. The molecule has 0 aliphatic rings. The summed E-state index contributed by atoms with van der Waals surface area (Å²) >= 11 is 0. The van der Waals surface area contributed by atoms with Crippen molar-refractivity contribution in [3.8, 4) is 17.1 Å². The number of esters is 3. The van der Waals surface area contributed by atoms with Crippen LogP contribution in [0.25, 0.3) is 11.3 Å². The molecule has 17 heteroatoms. The number of ether oxygens (including phenoxy) is 4. The quantitative estimate of drug-likeness (QED) is 0.0295. The van der Waals surface area contributed by atoms with Crippen molar-refractivity contribution < 1.29 is 61.8 Å². The van der Waals surface area contributed by atoms with Crippen molar-refractivity contribution in [1.29, 1.82) is 0 Å². The molecule has 0 radical (unpaired) electrons. The van der Waals surface area contributed by atoms with Crippen LogP contribution in [0.2, 0.25) is 0 Å². The van der Waals surface area contributed by atoms with Crippen LogP contribution in [0.4, 0.5) is 0 Å². The summed E-state index contributed by atoms with van der Waals surface area (Å²) in [6.07, 6.45) is 3.57. The molecule has 0 bridgehead atoms. The van der Waals surface area contributed by atoms with Crippen molar-refractivity contribution in [2.75, 3.05) is 34.6 Å². The van der Waals surface area contributed by atoms with Crippen molar-refractivity contribution in [2.45, 2.75) is 71.1 Å². The lowest BCUT2D eigenvalue weighted by atomic mass is 9.90. The Hall–Kier alpha value is -6.23. The van der Waals surface area contributed by atoms with E-state index in [0.717, 1.165) is 39.0 Å². The van der Waals surface area contributed by atoms with Gasteiger partial charge in [-0.1, -0.05) is 63.4 Å². The summed E-state index contributed by atoms with van der Waals surface area (Å²) in [5.74, 6) is -4.82. The number of amides is 4. The van der Waals surface area contributed by atoms with Crippen LogP contribution in [-0.2, 0) is 49.6 Å². The summed E-state index contributed by atoms with van der Waals surface area (Å²) in [7, 11) is 3.40. The molecule has 3 atom stereocenters. The van der Waals surface area contributed by atoms with E-state index in [1.165, 1.54) is 42.5 Å². The molecule has 57 heavy (non-hydrogen) atoms. The molecule has 3 aromatic rings. The molecule has 3 rings (SSSR count). The van der Waals surface area contributed by atoms with E-state index in [0.29, 0.717) is 19.3 Å². The van der Waals surface area contributed by atoms with Crippen LogP contribution in [0.5, 0.6) is 5.75 Å². The predicted molar refractivity (Wildman–Crippen MR) is 203 cm³/mol. The van der Waals surface area contributed by atoms with Gasteiger partial charge >= 0.3 is 17.9 Å². The zero-order valence-corrected chi connectivity index (χ0v) is 32.7. The molecule has 1 aromatic heterocycles. The Labute approximate surface area is 330 Å². The Bertz CT molecular complexity index is 1810. The molecule has 17 nitrogen and oxygen atoms in total. The molecule has 0 aliphatic carbocycles. The van der Waals surface area contributed by atoms with Crippen LogP contribution in [-0.4, -0.2) is 93.8 Å². The second-order valence-electron chi connectivity index (χ2n) is 12.6. The first kappa shape index (κ1) is 45.2. The van der Waals surface area contributed by atoms with Gasteiger partial charge in [0.15, 0.2) is 12.4 Å². The summed E-state index contributed by atoms with van der Waals surface area (Å²) in [5.41, 5.74) is 1.04. The van der Waals surface area contributed by atoms with E-state index in [4.69, 9.17) is 18.7 Å². The van der Waals surface area contributed by atoms with Gasteiger partial charge in [0.05, 0.1) is 46.4 Å². The molecular weight excluding hydrogens is 744 g/mol. The van der Waals surface area contributed by atoms with Crippen molar-refractivity contribution >= 4 is 42.0 Å². The zero-order valence-electron chi connectivity index (χ0n) is 32.7. The minimum absolute atomic E-state index is 0.0354. The van der Waals surface area contributed by atoms with Gasteiger partial charge in [0.1, 0.15) is 24.2 Å². The number of furan rings is 1. The Kier molecular flexibility index (Phi) is 18.7. The summed E-state index contributed by atoms with van der Waals surface area (Å²) in [5, 5.41) is 8.96. The Morgan fingerprint density at radius 2 is 1.58 bits per heavy atom. The van der Waals surface area contributed by atoms with Gasteiger partial charge in [0.25, 0.3) is 11.8 Å². The average molecular weight is 795 g/mol. The Morgan fingerprint density at radius 3 is 2.23 bits per heavy atom. The molecule has 4 amide bonds. The fraction of sp³-hybridized carbons (Fsp3) is 0.425. The van der Waals surface area contributed by atoms with Gasteiger partial charge < -0.3 is 39.3 Å². The number of nitrogens with one attached hydrogen (secondary N) is 3. The maximum Gasteiger partial charge on any atom is 0.343 e. The number of benzene rings is 2. The van der Waals surface area contributed by atoms with E-state index >= 15 is 0 Å². The highest BCUT2D eigenvalue weighted by Gasteiger charge is 2.32. The molecule has 0 fully saturated rings. The lowest BCUT2D eigenvalue weighted by Crippen LogP contribution is -2.48. The second-order valence-corrected chi connectivity index (χ2v) is 12.6. The number of carbonyl (C=O) groups excluding carboxylic acids is 7. The number of hydrogen-bond donors (Lipinski definition) is 3. The van der Waals surface area contributed by atoms with Gasteiger partial charge in [0, 0.05) is 11.1 Å². The standard InChI is InChI=1S/C40H50N4O13/c1-6-8-10-15-30(32(7-2)44(25-45)56-22-26-13-11-9-12-14-26)38(49)41-24-42-39(50)34-17-16-33(57-34)27-18-28(20-29(19-27)55-23-36(47)53-4)37(48)43-31(40(51)54-5)21-35(46)52-3/h9,11-14,16-20,25,30-32H,6-8,10,15,21-24H2,1-5H3,(H,41,49)(H,42,50)(H,43,48)/t30?,31?,32-/m1/s1. The van der Waals surface area contributed by atoms with Crippen LogP contribution >= 0.6 is 0 Å². The van der Waals surface area contributed by atoms with Gasteiger partial charge in [0.2, 0.25) is 12.3 Å². The molecule has 0 aliphatic heterocycles. The average Bonchev–Trinajstić information content (AvgIpc) is 3.74. The second kappa shape index (κ2) is 23.6. The number of rotatable bonds is 24. The van der Waals surface area contributed by atoms with Gasteiger partial charge in [-0.05, 0) is 48.7 Å². The molecule has 1 heterocycles. The third-order valence-corrected chi connectivity index (χ3v) is 8.76. The number of hydroxylamine groups is 2. The summed E-state index contributed by atoms with van der Waals surface area (Å²) in [4.78, 5) is 93.9. The monoisotopic (exact) mass is 794 g/mol. The van der Waals surface area contributed by atoms with Gasteiger partial charge in [-0.25, -0.2) is 14.7 Å². The fourth-order valence-corrected chi connectivity index (χ4v) is 5.71. The number of hydrogen-bond acceptors (Lipinski definition) is 13. The predicted octanol–water partition coefficient (Wildman–Crippen LogP) is 3.70. The van der Waals surface area contributed by atoms with Crippen molar-refractivity contribution in [3.63, 3.8) is 0 Å². The maximum atomic E-state index is 13.6. The lowest BCUT2D eigenvalue weighted by Gasteiger charge is -2.32. The van der Waals surface area contributed by atoms with Crippen LogP contribution < -0.4 is 20.7 Å². The zero-order chi connectivity index (χ0) is 41.7. The lowest BCUT2D eigenvalue weighted by molar-refractivity contribution is -0.200. The van der Waals surface area contributed by atoms with Gasteiger partial charge in [-0.2, -0.15) is 0 Å². The first-order chi connectivity index (χ1) is 27.5. The highest BCUT2D eigenvalue weighted by atomic mass is 16.7. The number of nitrogens with zero attached hydrogens (tertiary/aromatic N) is 1. The molecule has 308 valence electrons. The summed E-state index contributed by atoms with van der Waals surface area (Å²) in [6.45, 7) is 3.30. The van der Waals surface area contributed by atoms with Gasteiger partial charge in [-0.3, -0.25) is 28.8 Å². The Balaban J connectivity index is 1.75. The molecule has 2 aromatic carbocycles. The van der Waals surface area contributed by atoms with Crippen molar-refractivity contribution in [1.82, 2.24) is 21.0 Å². The van der Waals surface area contributed by atoms with Crippen LogP contribution in [0.3, 0.4) is 0 Å². The highest BCUT2D eigenvalue weighted by molar-refractivity contribution is 5.99. The molecule has 0 spiro atoms. The number of carbonyl (C=O) groups is 7.